The van der Waals surface area contributed by atoms with E-state index in [0.717, 1.165) is 18.7 Å². The summed E-state index contributed by atoms with van der Waals surface area (Å²) in [6.45, 7) is 1.72. The normalized spacial score (nSPS) is 19.2. The first-order valence-corrected chi connectivity index (χ1v) is 6.00. The second-order valence-electron chi connectivity index (χ2n) is 4.55. The lowest BCUT2D eigenvalue weighted by atomic mass is 10.0. The Morgan fingerprint density at radius 1 is 1.41 bits per heavy atom. The molecule has 1 unspecified atom stereocenters. The number of benzene rings is 1. The van der Waals surface area contributed by atoms with Gasteiger partial charge in [0.15, 0.2) is 0 Å². The summed E-state index contributed by atoms with van der Waals surface area (Å²) in [7, 11) is 5.96. The van der Waals surface area contributed by atoms with Crippen molar-refractivity contribution in [3.8, 4) is 5.75 Å². The van der Waals surface area contributed by atoms with Crippen LogP contribution in [0.25, 0.3) is 0 Å². The highest BCUT2D eigenvalue weighted by molar-refractivity contribution is 5.79. The van der Waals surface area contributed by atoms with Crippen molar-refractivity contribution in [3.63, 3.8) is 0 Å². The minimum Gasteiger partial charge on any atom is -0.495 e. The molecule has 0 saturated heterocycles. The van der Waals surface area contributed by atoms with Gasteiger partial charge in [-0.3, -0.25) is 0 Å². The Kier molecular flexibility index (Phi) is 3.43. The minimum absolute atomic E-state index is 0.453. The number of likely N-dealkylation sites (N-methyl/N-ethyl adjacent to an activating group) is 2. The molecular formula is C13H21N3O. The first-order chi connectivity index (χ1) is 8.19. The standard InChI is InChI=1S/C13H21N3O/c1-15-9-10(7-8-14)16(2)13-11(15)5-4-6-12(13)17-3/h4-6,10H,7-9,14H2,1-3H3. The van der Waals surface area contributed by atoms with Crippen molar-refractivity contribution in [2.75, 3.05) is 44.1 Å². The van der Waals surface area contributed by atoms with Gasteiger partial charge in [-0.05, 0) is 25.1 Å². The van der Waals surface area contributed by atoms with Gasteiger partial charge in [-0.1, -0.05) is 6.07 Å². The zero-order chi connectivity index (χ0) is 12.4. The lowest BCUT2D eigenvalue weighted by Gasteiger charge is -2.41. The van der Waals surface area contributed by atoms with E-state index in [1.54, 1.807) is 7.11 Å². The van der Waals surface area contributed by atoms with Gasteiger partial charge in [0.25, 0.3) is 0 Å². The highest BCUT2D eigenvalue weighted by Crippen LogP contribution is 2.41. The van der Waals surface area contributed by atoms with Gasteiger partial charge < -0.3 is 20.3 Å². The fraction of sp³-hybridized carbons (Fsp3) is 0.538. The second-order valence-corrected chi connectivity index (χ2v) is 4.55. The number of methoxy groups -OCH3 is 1. The zero-order valence-corrected chi connectivity index (χ0v) is 10.8. The predicted octanol–water partition coefficient (Wildman–Crippen LogP) is 1.30. The fourth-order valence-electron chi connectivity index (χ4n) is 2.53. The molecule has 0 bridgehead atoms. The molecule has 1 heterocycles. The molecule has 0 aromatic heterocycles. The van der Waals surface area contributed by atoms with E-state index in [-0.39, 0.29) is 0 Å². The summed E-state index contributed by atoms with van der Waals surface area (Å²) in [6.07, 6.45) is 0.998. The maximum atomic E-state index is 5.68. The van der Waals surface area contributed by atoms with Crippen LogP contribution in [0.3, 0.4) is 0 Å². The molecule has 4 nitrogen and oxygen atoms in total. The summed E-state index contributed by atoms with van der Waals surface area (Å²) >= 11 is 0. The highest BCUT2D eigenvalue weighted by Gasteiger charge is 2.28. The van der Waals surface area contributed by atoms with Crippen LogP contribution in [0.15, 0.2) is 18.2 Å². The summed E-state index contributed by atoms with van der Waals surface area (Å²) in [4.78, 5) is 4.57. The number of rotatable bonds is 3. The molecule has 0 saturated carbocycles. The van der Waals surface area contributed by atoms with E-state index in [1.807, 2.05) is 12.1 Å². The van der Waals surface area contributed by atoms with Crippen LogP contribution in [0.5, 0.6) is 5.75 Å². The maximum Gasteiger partial charge on any atom is 0.144 e. The Morgan fingerprint density at radius 3 is 2.82 bits per heavy atom. The number of hydrogen-bond donors (Lipinski definition) is 1. The summed E-state index contributed by atoms with van der Waals surface area (Å²) in [5.74, 6) is 0.929. The Balaban J connectivity index is 2.42. The van der Waals surface area contributed by atoms with E-state index < -0.39 is 0 Å². The molecule has 0 aliphatic carbocycles. The number of fused-ring (bicyclic) bond motifs is 1. The molecule has 17 heavy (non-hydrogen) atoms. The largest absolute Gasteiger partial charge is 0.495 e. The summed E-state index contributed by atoms with van der Waals surface area (Å²) in [6, 6.07) is 6.63. The van der Waals surface area contributed by atoms with Crippen LogP contribution in [-0.4, -0.2) is 40.3 Å². The van der Waals surface area contributed by atoms with E-state index in [0.29, 0.717) is 12.6 Å². The van der Waals surface area contributed by atoms with Crippen molar-refractivity contribution in [3.05, 3.63) is 18.2 Å². The van der Waals surface area contributed by atoms with E-state index in [2.05, 4.69) is 30.0 Å². The number of hydrogen-bond acceptors (Lipinski definition) is 4. The van der Waals surface area contributed by atoms with Gasteiger partial charge >= 0.3 is 0 Å². The van der Waals surface area contributed by atoms with Gasteiger partial charge in [0.2, 0.25) is 0 Å². The van der Waals surface area contributed by atoms with Crippen LogP contribution in [-0.2, 0) is 0 Å². The first kappa shape index (κ1) is 12.0. The molecule has 1 aromatic rings. The fourth-order valence-corrected chi connectivity index (χ4v) is 2.53. The van der Waals surface area contributed by atoms with Gasteiger partial charge in [-0.2, -0.15) is 0 Å². The van der Waals surface area contributed by atoms with Gasteiger partial charge in [0.05, 0.1) is 12.8 Å². The quantitative estimate of drug-likeness (QED) is 0.857. The first-order valence-electron chi connectivity index (χ1n) is 6.00. The van der Waals surface area contributed by atoms with Crippen molar-refractivity contribution in [1.29, 1.82) is 0 Å². The number of anilines is 2. The average molecular weight is 235 g/mol. The number of nitrogens with two attached hydrogens (primary N) is 1. The van der Waals surface area contributed by atoms with Crippen LogP contribution in [0, 0.1) is 0 Å². The van der Waals surface area contributed by atoms with Crippen molar-refractivity contribution in [2.24, 2.45) is 5.73 Å². The third-order valence-corrected chi connectivity index (χ3v) is 3.49. The number of ether oxygens (including phenoxy) is 1. The lowest BCUT2D eigenvalue weighted by molar-refractivity contribution is 0.411. The molecular weight excluding hydrogens is 214 g/mol. The molecule has 2 rings (SSSR count). The summed E-state index contributed by atoms with van der Waals surface area (Å²) in [5, 5.41) is 0. The molecule has 94 valence electrons. The Morgan fingerprint density at radius 2 is 2.18 bits per heavy atom. The van der Waals surface area contributed by atoms with E-state index in [1.165, 1.54) is 11.4 Å². The molecule has 0 spiro atoms. The van der Waals surface area contributed by atoms with E-state index >= 15 is 0 Å². The van der Waals surface area contributed by atoms with E-state index in [4.69, 9.17) is 10.5 Å². The lowest BCUT2D eigenvalue weighted by Crippen LogP contribution is -2.46. The van der Waals surface area contributed by atoms with Crippen LogP contribution < -0.4 is 20.3 Å². The van der Waals surface area contributed by atoms with Crippen LogP contribution >= 0.6 is 0 Å². The maximum absolute atomic E-state index is 5.68. The van der Waals surface area contributed by atoms with Gasteiger partial charge in [0, 0.05) is 26.7 Å². The van der Waals surface area contributed by atoms with Crippen molar-refractivity contribution in [1.82, 2.24) is 0 Å². The molecule has 4 heteroatoms. The molecule has 0 radical (unpaired) electrons. The third kappa shape index (κ3) is 2.05. The van der Waals surface area contributed by atoms with Crippen molar-refractivity contribution < 1.29 is 4.74 Å². The molecule has 1 atom stereocenters. The predicted molar refractivity (Wildman–Crippen MR) is 72.1 cm³/mol. The minimum atomic E-state index is 0.453. The zero-order valence-electron chi connectivity index (χ0n) is 10.8. The van der Waals surface area contributed by atoms with Gasteiger partial charge in [-0.15, -0.1) is 0 Å². The smallest absolute Gasteiger partial charge is 0.144 e. The Labute approximate surface area is 103 Å². The molecule has 0 amide bonds. The topological polar surface area (TPSA) is 41.7 Å². The summed E-state index contributed by atoms with van der Waals surface area (Å²) in [5.41, 5.74) is 8.07. The molecule has 0 fully saturated rings. The monoisotopic (exact) mass is 235 g/mol. The van der Waals surface area contributed by atoms with Crippen molar-refractivity contribution in [2.45, 2.75) is 12.5 Å². The van der Waals surface area contributed by atoms with Gasteiger partial charge in [-0.25, -0.2) is 0 Å². The van der Waals surface area contributed by atoms with E-state index in [9.17, 15) is 0 Å². The Bertz CT molecular complexity index is 394. The second kappa shape index (κ2) is 4.84. The van der Waals surface area contributed by atoms with Crippen LogP contribution in [0.1, 0.15) is 6.42 Å². The average Bonchev–Trinajstić information content (AvgIpc) is 2.35. The highest BCUT2D eigenvalue weighted by atomic mass is 16.5. The molecule has 1 aliphatic rings. The van der Waals surface area contributed by atoms with Gasteiger partial charge in [0.1, 0.15) is 11.4 Å². The van der Waals surface area contributed by atoms with Crippen molar-refractivity contribution >= 4 is 11.4 Å². The SMILES string of the molecule is COc1cccc2c1N(C)C(CCN)CN2C. The van der Waals surface area contributed by atoms with Crippen LogP contribution in [0.4, 0.5) is 11.4 Å². The summed E-state index contributed by atoms with van der Waals surface area (Å²) < 4.78 is 5.46. The Hall–Kier alpha value is -1.42. The number of para-hydroxylation sites is 1. The third-order valence-electron chi connectivity index (χ3n) is 3.49. The number of nitrogens with zero attached hydrogens (tertiary/aromatic N) is 2. The molecule has 1 aliphatic heterocycles. The molecule has 2 N–H and O–H groups in total. The molecule has 1 aromatic carbocycles. The van der Waals surface area contributed by atoms with Crippen LogP contribution in [0.2, 0.25) is 0 Å².